The number of nitrogens with two attached hydrogens (primary N) is 1. The summed E-state index contributed by atoms with van der Waals surface area (Å²) in [5.41, 5.74) is 2.65. The molecule has 0 spiro atoms. The lowest BCUT2D eigenvalue weighted by Gasteiger charge is -2.23. The lowest BCUT2D eigenvalue weighted by Crippen LogP contribution is -2.50. The lowest BCUT2D eigenvalue weighted by atomic mass is 10.1. The number of hydrogen-bond donors (Lipinski definition) is 4. The van der Waals surface area contributed by atoms with Crippen molar-refractivity contribution in [3.05, 3.63) is 22.3 Å². The number of aromatic nitrogens is 1. The first-order chi connectivity index (χ1) is 9.11. The lowest BCUT2D eigenvalue weighted by molar-refractivity contribution is -0.124. The number of pyridine rings is 1. The summed E-state index contributed by atoms with van der Waals surface area (Å²) >= 11 is 3.24. The van der Waals surface area contributed by atoms with Crippen LogP contribution in [0.5, 0.6) is 0 Å². The molecule has 2 amide bonds. The van der Waals surface area contributed by atoms with Gasteiger partial charge in [-0.3, -0.25) is 9.59 Å². The third-order valence-electron chi connectivity index (χ3n) is 2.83. The minimum absolute atomic E-state index is 0.162. The third kappa shape index (κ3) is 3.21. The fourth-order valence-corrected chi connectivity index (χ4v) is 2.20. The molecule has 0 bridgehead atoms. The van der Waals surface area contributed by atoms with Gasteiger partial charge in [0.15, 0.2) is 5.82 Å². The third-order valence-corrected chi connectivity index (χ3v) is 3.26. The predicted molar refractivity (Wildman–Crippen MR) is 73.2 cm³/mol. The van der Waals surface area contributed by atoms with Crippen molar-refractivity contribution in [3.63, 3.8) is 0 Å². The number of nitrogens with zero attached hydrogens (tertiary/aromatic N) is 1. The van der Waals surface area contributed by atoms with Gasteiger partial charge in [-0.15, -0.1) is 0 Å². The minimum atomic E-state index is -0.508. The topological polar surface area (TPSA) is 109 Å². The molecule has 1 aromatic rings. The van der Waals surface area contributed by atoms with Gasteiger partial charge in [-0.2, -0.15) is 0 Å². The maximum Gasteiger partial charge on any atom is 0.255 e. The van der Waals surface area contributed by atoms with E-state index in [9.17, 15) is 9.59 Å². The Balaban J connectivity index is 2.15. The van der Waals surface area contributed by atoms with Gasteiger partial charge in [0.2, 0.25) is 5.91 Å². The number of halogens is 1. The van der Waals surface area contributed by atoms with Gasteiger partial charge in [0.25, 0.3) is 5.91 Å². The van der Waals surface area contributed by atoms with Crippen LogP contribution in [0.15, 0.2) is 16.7 Å². The van der Waals surface area contributed by atoms with Crippen molar-refractivity contribution in [1.82, 2.24) is 15.6 Å². The molecule has 19 heavy (non-hydrogen) atoms. The summed E-state index contributed by atoms with van der Waals surface area (Å²) in [6.07, 6.45) is 3.00. The van der Waals surface area contributed by atoms with Gasteiger partial charge in [-0.1, -0.05) is 0 Å². The molecule has 1 atom stereocenters. The van der Waals surface area contributed by atoms with Crippen molar-refractivity contribution < 1.29 is 9.59 Å². The first-order valence-electron chi connectivity index (χ1n) is 5.82. The van der Waals surface area contributed by atoms with Crippen molar-refractivity contribution >= 4 is 33.6 Å². The summed E-state index contributed by atoms with van der Waals surface area (Å²) in [7, 11) is 0. The van der Waals surface area contributed by atoms with Gasteiger partial charge in [-0.05, 0) is 34.8 Å². The summed E-state index contributed by atoms with van der Waals surface area (Å²) in [4.78, 5) is 27.7. The molecule has 1 aliphatic heterocycles. The Morgan fingerprint density at radius 2 is 2.37 bits per heavy atom. The zero-order valence-electron chi connectivity index (χ0n) is 10.1. The fraction of sp³-hybridized carbons (Fsp3) is 0.364. The summed E-state index contributed by atoms with van der Waals surface area (Å²) < 4.78 is 0.657. The Hall–Kier alpha value is -1.67. The predicted octanol–water partition coefficient (Wildman–Crippen LogP) is 0.138. The first kappa shape index (κ1) is 13.8. The zero-order chi connectivity index (χ0) is 13.8. The number of carbonyl (C=O) groups excluding carboxylic acids is 2. The molecule has 2 heterocycles. The molecule has 102 valence electrons. The molecule has 2 rings (SSSR count). The molecular formula is C11H14BrN5O2. The van der Waals surface area contributed by atoms with Gasteiger partial charge in [0, 0.05) is 17.2 Å². The van der Waals surface area contributed by atoms with Crippen LogP contribution in [0.2, 0.25) is 0 Å². The van der Waals surface area contributed by atoms with E-state index in [1.54, 1.807) is 6.07 Å². The van der Waals surface area contributed by atoms with Crippen LogP contribution in [-0.4, -0.2) is 29.4 Å². The van der Waals surface area contributed by atoms with Gasteiger partial charge in [-0.25, -0.2) is 10.8 Å². The van der Waals surface area contributed by atoms with E-state index in [2.05, 4.69) is 37.0 Å². The Kier molecular flexibility index (Phi) is 4.33. The van der Waals surface area contributed by atoms with Gasteiger partial charge in [0.1, 0.15) is 6.04 Å². The van der Waals surface area contributed by atoms with Crippen LogP contribution in [0, 0.1) is 0 Å². The second-order valence-electron chi connectivity index (χ2n) is 4.15. The summed E-state index contributed by atoms with van der Waals surface area (Å²) in [6, 6.07) is 1.09. The molecule has 0 aliphatic carbocycles. The van der Waals surface area contributed by atoms with Crippen molar-refractivity contribution in [2.45, 2.75) is 18.9 Å². The van der Waals surface area contributed by atoms with Gasteiger partial charge < -0.3 is 16.1 Å². The second kappa shape index (κ2) is 5.98. The van der Waals surface area contributed by atoms with E-state index in [0.717, 1.165) is 6.42 Å². The molecule has 7 nitrogen and oxygen atoms in total. The molecule has 8 heteroatoms. The summed E-state index contributed by atoms with van der Waals surface area (Å²) in [6.45, 7) is 0.652. The van der Waals surface area contributed by atoms with Crippen LogP contribution in [0.3, 0.4) is 0 Å². The zero-order valence-corrected chi connectivity index (χ0v) is 11.7. The molecular weight excluding hydrogens is 314 g/mol. The van der Waals surface area contributed by atoms with Crippen LogP contribution in [-0.2, 0) is 4.79 Å². The quantitative estimate of drug-likeness (QED) is 0.466. The molecule has 1 aliphatic rings. The molecule has 1 unspecified atom stereocenters. The number of nitrogens with one attached hydrogen (secondary N) is 3. The summed E-state index contributed by atoms with van der Waals surface area (Å²) in [5, 5.41) is 5.39. The Morgan fingerprint density at radius 1 is 1.58 bits per heavy atom. The average Bonchev–Trinajstić information content (AvgIpc) is 2.41. The minimum Gasteiger partial charge on any atom is -0.354 e. The number of hydrogen-bond acceptors (Lipinski definition) is 5. The molecule has 5 N–H and O–H groups in total. The van der Waals surface area contributed by atoms with Crippen LogP contribution in [0.1, 0.15) is 23.2 Å². The number of amides is 2. The van der Waals surface area contributed by atoms with E-state index in [-0.39, 0.29) is 23.2 Å². The highest BCUT2D eigenvalue weighted by Crippen LogP contribution is 2.17. The normalized spacial score (nSPS) is 18.6. The van der Waals surface area contributed by atoms with Gasteiger partial charge in [0.05, 0.1) is 5.56 Å². The van der Waals surface area contributed by atoms with Crippen LogP contribution in [0.4, 0.5) is 5.82 Å². The number of piperidine rings is 1. The van der Waals surface area contributed by atoms with E-state index in [1.165, 1.54) is 6.20 Å². The largest absolute Gasteiger partial charge is 0.354 e. The van der Waals surface area contributed by atoms with Crippen molar-refractivity contribution in [2.24, 2.45) is 5.84 Å². The standard InChI is InChI=1S/C11H14BrN5O2/c12-6-4-7(9(17-13)15-5-6)10(18)16-8-2-1-3-14-11(8)19/h4-5,8H,1-3,13H2,(H,14,19)(H,15,17)(H,16,18). The number of hydrazine groups is 1. The smallest absolute Gasteiger partial charge is 0.255 e. The number of anilines is 1. The molecule has 0 aromatic carbocycles. The highest BCUT2D eigenvalue weighted by atomic mass is 79.9. The molecule has 1 aromatic heterocycles. The van der Waals surface area contributed by atoms with Crippen LogP contribution >= 0.6 is 15.9 Å². The molecule has 0 radical (unpaired) electrons. The van der Waals surface area contributed by atoms with E-state index < -0.39 is 6.04 Å². The molecule has 1 fully saturated rings. The Labute approximate surface area is 118 Å². The molecule has 1 saturated heterocycles. The van der Waals surface area contributed by atoms with Crippen LogP contribution in [0.25, 0.3) is 0 Å². The Bertz CT molecular complexity index is 508. The van der Waals surface area contributed by atoms with Crippen molar-refractivity contribution in [2.75, 3.05) is 12.0 Å². The summed E-state index contributed by atoms with van der Waals surface area (Å²) in [5.74, 6) is 5.03. The molecule has 0 saturated carbocycles. The highest BCUT2D eigenvalue weighted by molar-refractivity contribution is 9.10. The maximum atomic E-state index is 12.1. The van der Waals surface area contributed by atoms with E-state index >= 15 is 0 Å². The SMILES string of the molecule is NNc1ncc(Br)cc1C(=O)NC1CCCNC1=O. The first-order valence-corrected chi connectivity index (χ1v) is 6.62. The number of nitrogen functional groups attached to an aromatic ring is 1. The highest BCUT2D eigenvalue weighted by Gasteiger charge is 2.25. The van der Waals surface area contributed by atoms with Crippen molar-refractivity contribution in [3.8, 4) is 0 Å². The van der Waals surface area contributed by atoms with Crippen LogP contribution < -0.4 is 21.9 Å². The number of carbonyl (C=O) groups is 2. The van der Waals surface area contributed by atoms with E-state index in [1.807, 2.05) is 0 Å². The average molecular weight is 328 g/mol. The van der Waals surface area contributed by atoms with E-state index in [0.29, 0.717) is 17.4 Å². The number of rotatable bonds is 3. The fourth-order valence-electron chi connectivity index (χ4n) is 1.87. The Morgan fingerprint density at radius 3 is 3.05 bits per heavy atom. The maximum absolute atomic E-state index is 12.1. The second-order valence-corrected chi connectivity index (χ2v) is 5.07. The van der Waals surface area contributed by atoms with Crippen molar-refractivity contribution in [1.29, 1.82) is 0 Å². The van der Waals surface area contributed by atoms with E-state index in [4.69, 9.17) is 5.84 Å². The monoisotopic (exact) mass is 327 g/mol. The van der Waals surface area contributed by atoms with Gasteiger partial charge >= 0.3 is 0 Å².